The van der Waals surface area contributed by atoms with E-state index >= 15 is 0 Å². The number of hydrogen-bond donors (Lipinski definition) is 2. The Labute approximate surface area is 152 Å². The standard InChI is InChI=1S/C19H22N2O5/c1-3-25-16-6-5-13(11-17(16)26-4-2)7-9-21-18(22)14-8-10-20-15(12-14)19(23)24/h5-6,8,10-12H,3-4,7,9H2,1-2H3,(H,21,22)(H,23,24). The molecule has 7 heteroatoms. The number of aromatic nitrogens is 1. The van der Waals surface area contributed by atoms with Crippen LogP contribution in [-0.2, 0) is 6.42 Å². The third-order valence-electron chi connectivity index (χ3n) is 3.55. The topological polar surface area (TPSA) is 97.8 Å². The number of rotatable bonds is 9. The van der Waals surface area contributed by atoms with Crippen molar-refractivity contribution < 1.29 is 24.2 Å². The van der Waals surface area contributed by atoms with Gasteiger partial charge in [0.1, 0.15) is 5.69 Å². The number of nitrogens with one attached hydrogen (secondary N) is 1. The van der Waals surface area contributed by atoms with Crippen LogP contribution in [-0.4, -0.2) is 41.7 Å². The summed E-state index contributed by atoms with van der Waals surface area (Å²) in [5.74, 6) is -0.137. The Balaban J connectivity index is 1.96. The molecular formula is C19H22N2O5. The Morgan fingerprint density at radius 3 is 2.50 bits per heavy atom. The zero-order valence-electron chi connectivity index (χ0n) is 14.8. The van der Waals surface area contributed by atoms with Crippen LogP contribution in [0, 0.1) is 0 Å². The van der Waals surface area contributed by atoms with Gasteiger partial charge < -0.3 is 19.9 Å². The average Bonchev–Trinajstić information content (AvgIpc) is 2.64. The minimum atomic E-state index is -1.17. The fourth-order valence-corrected chi connectivity index (χ4v) is 2.36. The minimum Gasteiger partial charge on any atom is -0.490 e. The number of hydrogen-bond acceptors (Lipinski definition) is 5. The molecule has 2 N–H and O–H groups in total. The van der Waals surface area contributed by atoms with Gasteiger partial charge in [-0.3, -0.25) is 4.79 Å². The van der Waals surface area contributed by atoms with Crippen molar-refractivity contribution in [2.24, 2.45) is 0 Å². The molecule has 138 valence electrons. The van der Waals surface area contributed by atoms with Gasteiger partial charge >= 0.3 is 5.97 Å². The molecule has 0 saturated carbocycles. The second-order valence-electron chi connectivity index (χ2n) is 5.39. The summed E-state index contributed by atoms with van der Waals surface area (Å²) in [6, 6.07) is 8.41. The van der Waals surface area contributed by atoms with E-state index in [2.05, 4.69) is 10.3 Å². The van der Waals surface area contributed by atoms with Crippen LogP contribution >= 0.6 is 0 Å². The zero-order valence-corrected chi connectivity index (χ0v) is 14.8. The van der Waals surface area contributed by atoms with Gasteiger partial charge in [-0.1, -0.05) is 6.07 Å². The Kier molecular flexibility index (Phi) is 6.96. The highest BCUT2D eigenvalue weighted by molar-refractivity contribution is 5.96. The van der Waals surface area contributed by atoms with Gasteiger partial charge in [-0.2, -0.15) is 0 Å². The Morgan fingerprint density at radius 1 is 1.08 bits per heavy atom. The van der Waals surface area contributed by atoms with E-state index in [1.54, 1.807) is 0 Å². The maximum atomic E-state index is 12.1. The lowest BCUT2D eigenvalue weighted by Gasteiger charge is -2.12. The van der Waals surface area contributed by atoms with Crippen molar-refractivity contribution in [2.45, 2.75) is 20.3 Å². The lowest BCUT2D eigenvalue weighted by atomic mass is 10.1. The molecule has 1 heterocycles. The smallest absolute Gasteiger partial charge is 0.354 e. The fraction of sp³-hybridized carbons (Fsp3) is 0.316. The van der Waals surface area contributed by atoms with Crippen molar-refractivity contribution >= 4 is 11.9 Å². The summed E-state index contributed by atoms with van der Waals surface area (Å²) >= 11 is 0. The van der Waals surface area contributed by atoms with E-state index in [1.165, 1.54) is 18.3 Å². The molecule has 0 aliphatic rings. The van der Waals surface area contributed by atoms with Crippen LogP contribution in [0.25, 0.3) is 0 Å². The number of ether oxygens (including phenoxy) is 2. The number of carboxylic acids is 1. The molecular weight excluding hydrogens is 336 g/mol. The maximum Gasteiger partial charge on any atom is 0.354 e. The van der Waals surface area contributed by atoms with Crippen LogP contribution < -0.4 is 14.8 Å². The molecule has 7 nitrogen and oxygen atoms in total. The average molecular weight is 358 g/mol. The lowest BCUT2D eigenvalue weighted by molar-refractivity contribution is 0.0690. The largest absolute Gasteiger partial charge is 0.490 e. The monoisotopic (exact) mass is 358 g/mol. The molecule has 1 amide bonds. The molecule has 0 fully saturated rings. The molecule has 2 rings (SSSR count). The zero-order chi connectivity index (χ0) is 18.9. The number of benzene rings is 1. The quantitative estimate of drug-likeness (QED) is 0.715. The number of nitrogens with zero attached hydrogens (tertiary/aromatic N) is 1. The Morgan fingerprint density at radius 2 is 1.81 bits per heavy atom. The molecule has 0 aliphatic heterocycles. The predicted octanol–water partition coefficient (Wildman–Crippen LogP) is 2.55. The molecule has 2 aromatic rings. The molecule has 0 unspecified atom stereocenters. The van der Waals surface area contributed by atoms with E-state index in [0.29, 0.717) is 37.7 Å². The summed E-state index contributed by atoms with van der Waals surface area (Å²) in [5.41, 5.74) is 1.10. The summed E-state index contributed by atoms with van der Waals surface area (Å²) < 4.78 is 11.1. The highest BCUT2D eigenvalue weighted by Gasteiger charge is 2.11. The first-order valence-electron chi connectivity index (χ1n) is 8.41. The normalized spacial score (nSPS) is 10.2. The molecule has 0 aliphatic carbocycles. The van der Waals surface area contributed by atoms with E-state index in [4.69, 9.17) is 14.6 Å². The van der Waals surface area contributed by atoms with Gasteiger partial charge in [0.05, 0.1) is 13.2 Å². The minimum absolute atomic E-state index is 0.162. The van der Waals surface area contributed by atoms with E-state index in [9.17, 15) is 9.59 Å². The third kappa shape index (κ3) is 5.20. The van der Waals surface area contributed by atoms with Crippen LogP contribution in [0.5, 0.6) is 11.5 Å². The van der Waals surface area contributed by atoms with Crippen molar-refractivity contribution in [3.05, 3.63) is 53.3 Å². The van der Waals surface area contributed by atoms with Gasteiger partial charge in [0.25, 0.3) is 5.91 Å². The summed E-state index contributed by atoms with van der Waals surface area (Å²) in [6.07, 6.45) is 1.91. The summed E-state index contributed by atoms with van der Waals surface area (Å²) in [7, 11) is 0. The van der Waals surface area contributed by atoms with Gasteiger partial charge in [0.15, 0.2) is 11.5 Å². The van der Waals surface area contributed by atoms with Crippen LogP contribution in [0.3, 0.4) is 0 Å². The van der Waals surface area contributed by atoms with Gasteiger partial charge in [0, 0.05) is 18.3 Å². The van der Waals surface area contributed by atoms with Crippen LogP contribution in [0.4, 0.5) is 0 Å². The summed E-state index contributed by atoms with van der Waals surface area (Å²) in [4.78, 5) is 26.8. The lowest BCUT2D eigenvalue weighted by Crippen LogP contribution is -2.26. The molecule has 26 heavy (non-hydrogen) atoms. The van der Waals surface area contributed by atoms with Crippen LogP contribution in [0.2, 0.25) is 0 Å². The number of carbonyl (C=O) groups excluding carboxylic acids is 1. The van der Waals surface area contributed by atoms with Gasteiger partial charge in [-0.15, -0.1) is 0 Å². The van der Waals surface area contributed by atoms with E-state index in [1.807, 2.05) is 32.0 Å². The summed E-state index contributed by atoms with van der Waals surface area (Å²) in [5, 5.41) is 11.7. The molecule has 0 radical (unpaired) electrons. The SMILES string of the molecule is CCOc1ccc(CCNC(=O)c2ccnc(C(=O)O)c2)cc1OCC. The summed E-state index contributed by atoms with van der Waals surface area (Å²) in [6.45, 7) is 5.31. The van der Waals surface area contributed by atoms with Gasteiger partial charge in [0.2, 0.25) is 0 Å². The fourth-order valence-electron chi connectivity index (χ4n) is 2.36. The number of aromatic carboxylic acids is 1. The van der Waals surface area contributed by atoms with E-state index < -0.39 is 5.97 Å². The van der Waals surface area contributed by atoms with E-state index in [0.717, 1.165) is 5.56 Å². The van der Waals surface area contributed by atoms with Crippen LogP contribution in [0.15, 0.2) is 36.5 Å². The second kappa shape index (κ2) is 9.41. The van der Waals surface area contributed by atoms with Crippen molar-refractivity contribution in [3.63, 3.8) is 0 Å². The van der Waals surface area contributed by atoms with Crippen molar-refractivity contribution in [3.8, 4) is 11.5 Å². The first-order valence-corrected chi connectivity index (χ1v) is 8.41. The molecule has 1 aromatic carbocycles. The van der Waals surface area contributed by atoms with E-state index in [-0.39, 0.29) is 17.2 Å². The Bertz CT molecular complexity index is 776. The first kappa shape index (κ1) is 19.2. The molecule has 0 bridgehead atoms. The second-order valence-corrected chi connectivity index (χ2v) is 5.39. The third-order valence-corrected chi connectivity index (χ3v) is 3.55. The Hall–Kier alpha value is -3.09. The van der Waals surface area contributed by atoms with Crippen molar-refractivity contribution in [2.75, 3.05) is 19.8 Å². The van der Waals surface area contributed by atoms with Crippen LogP contribution in [0.1, 0.15) is 40.3 Å². The molecule has 0 spiro atoms. The molecule has 0 atom stereocenters. The number of carboxylic acid groups (broad SMARTS) is 1. The van der Waals surface area contributed by atoms with Crippen molar-refractivity contribution in [1.29, 1.82) is 0 Å². The molecule has 0 saturated heterocycles. The number of pyridine rings is 1. The highest BCUT2D eigenvalue weighted by Crippen LogP contribution is 2.28. The van der Waals surface area contributed by atoms with Gasteiger partial charge in [-0.25, -0.2) is 9.78 Å². The first-order chi connectivity index (χ1) is 12.5. The number of carbonyl (C=O) groups is 2. The number of amides is 1. The molecule has 1 aromatic heterocycles. The maximum absolute atomic E-state index is 12.1. The predicted molar refractivity (Wildman–Crippen MR) is 96.0 cm³/mol. The van der Waals surface area contributed by atoms with Crippen molar-refractivity contribution in [1.82, 2.24) is 10.3 Å². The highest BCUT2D eigenvalue weighted by atomic mass is 16.5. The van der Waals surface area contributed by atoms with Gasteiger partial charge in [-0.05, 0) is 50.1 Å².